The van der Waals surface area contributed by atoms with E-state index in [2.05, 4.69) is 15.2 Å². The van der Waals surface area contributed by atoms with Crippen LogP contribution in [0.4, 0.5) is 10.1 Å². The topological polar surface area (TPSA) is 82.4 Å². The van der Waals surface area contributed by atoms with E-state index in [-0.39, 0.29) is 17.3 Å². The van der Waals surface area contributed by atoms with Gasteiger partial charge in [0.15, 0.2) is 0 Å². The summed E-state index contributed by atoms with van der Waals surface area (Å²) >= 11 is 0. The lowest BCUT2D eigenvalue weighted by molar-refractivity contribution is -0.483. The maximum atomic E-state index is 13.1. The number of aromatic nitrogens is 1. The number of carbonyl (C=O) groups excluding carboxylic acids is 2. The van der Waals surface area contributed by atoms with Gasteiger partial charge in [-0.1, -0.05) is 19.1 Å². The number of benzene rings is 1. The van der Waals surface area contributed by atoms with Gasteiger partial charge in [-0.3, -0.25) is 9.59 Å². The molecule has 2 aromatic rings. The van der Waals surface area contributed by atoms with Crippen molar-refractivity contribution in [3.05, 3.63) is 64.6 Å². The second-order valence-electron chi connectivity index (χ2n) is 6.57. The van der Waals surface area contributed by atoms with E-state index >= 15 is 0 Å². The number of Topliss-reactive ketones (excluding diaryl/α,β-unsaturated/α-hetero) is 1. The molecule has 1 N–H and O–H groups in total. The first-order chi connectivity index (χ1) is 13.5. The largest absolute Gasteiger partial charge is 0.351 e. The van der Waals surface area contributed by atoms with Crippen LogP contribution in [0, 0.1) is 10.9 Å². The van der Waals surface area contributed by atoms with Gasteiger partial charge >= 0.3 is 0 Å². The Kier molecular flexibility index (Phi) is 6.20. The van der Waals surface area contributed by atoms with Crippen LogP contribution in [0.15, 0.2) is 42.6 Å². The molecule has 1 aliphatic rings. The molecule has 1 amide bonds. The molecule has 2 heterocycles. The zero-order chi connectivity index (χ0) is 20.1. The molecule has 0 bridgehead atoms. The summed E-state index contributed by atoms with van der Waals surface area (Å²) in [4.78, 5) is 42.3. The Morgan fingerprint density at radius 1 is 1.29 bits per heavy atom. The summed E-state index contributed by atoms with van der Waals surface area (Å²) in [7, 11) is 0. The van der Waals surface area contributed by atoms with Crippen LogP contribution in [0.1, 0.15) is 34.1 Å². The van der Waals surface area contributed by atoms with Crippen LogP contribution in [0.25, 0.3) is 0 Å². The number of halogens is 1. The van der Waals surface area contributed by atoms with Gasteiger partial charge in [0.05, 0.1) is 0 Å². The van der Waals surface area contributed by atoms with E-state index in [0.717, 1.165) is 10.8 Å². The number of para-hydroxylation sites is 1. The van der Waals surface area contributed by atoms with E-state index in [0.29, 0.717) is 43.9 Å². The molecule has 0 fully saturated rings. The van der Waals surface area contributed by atoms with Gasteiger partial charge in [0, 0.05) is 59.6 Å². The summed E-state index contributed by atoms with van der Waals surface area (Å²) < 4.78 is 13.9. The molecule has 8 heteroatoms. The summed E-state index contributed by atoms with van der Waals surface area (Å²) in [5.41, 5.74) is 1.12. The fourth-order valence-electron chi connectivity index (χ4n) is 3.28. The number of amides is 1. The van der Waals surface area contributed by atoms with E-state index in [1.54, 1.807) is 24.3 Å². The van der Waals surface area contributed by atoms with Crippen molar-refractivity contribution in [1.82, 2.24) is 15.2 Å². The van der Waals surface area contributed by atoms with Crippen LogP contribution < -0.4 is 5.32 Å². The third-order valence-corrected chi connectivity index (χ3v) is 4.86. The molecule has 7 nitrogen and oxygen atoms in total. The zero-order valence-corrected chi connectivity index (χ0v) is 15.6. The normalized spacial score (nSPS) is 15.8. The van der Waals surface area contributed by atoms with Crippen LogP contribution in [-0.2, 0) is 0 Å². The van der Waals surface area contributed by atoms with Gasteiger partial charge in [0.1, 0.15) is 5.56 Å². The van der Waals surface area contributed by atoms with Crippen molar-refractivity contribution >= 4 is 17.4 Å². The highest BCUT2D eigenvalue weighted by Crippen LogP contribution is 2.30. The van der Waals surface area contributed by atoms with E-state index in [1.807, 2.05) is 6.92 Å². The summed E-state index contributed by atoms with van der Waals surface area (Å²) in [6, 6.07) is 8.66. The van der Waals surface area contributed by atoms with E-state index in [4.69, 9.17) is 0 Å². The van der Waals surface area contributed by atoms with Gasteiger partial charge < -0.3 is 10.2 Å². The zero-order valence-electron chi connectivity index (χ0n) is 15.6. The Hall–Kier alpha value is -3.00. The fourth-order valence-corrected chi connectivity index (χ4v) is 3.28. The molecule has 0 saturated heterocycles. The number of hydrogen-bond donors (Lipinski definition) is 1. The van der Waals surface area contributed by atoms with Crippen LogP contribution in [-0.4, -0.2) is 58.6 Å². The first-order valence-electron chi connectivity index (χ1n) is 9.23. The van der Waals surface area contributed by atoms with Crippen molar-refractivity contribution in [3.8, 4) is 0 Å². The molecule has 3 rings (SSSR count). The number of nitroso groups, excluding NO2 is 1. The number of nitrogens with one attached hydrogen (secondary N) is 1. The maximum absolute atomic E-state index is 13.1. The number of pyridine rings is 1. The lowest BCUT2D eigenvalue weighted by Crippen LogP contribution is -2.37. The number of likely N-dealkylation sites (N-methyl/N-ethyl adjacent to an activating group) is 1. The van der Waals surface area contributed by atoms with Crippen molar-refractivity contribution in [1.29, 1.82) is 0 Å². The van der Waals surface area contributed by atoms with Crippen LogP contribution in [0.5, 0.6) is 0 Å². The molecule has 1 aromatic carbocycles. The molecule has 0 radical (unpaired) electrons. The lowest BCUT2D eigenvalue weighted by Gasteiger charge is -2.20. The maximum Gasteiger partial charge on any atom is 0.271 e. The Morgan fingerprint density at radius 3 is 2.79 bits per heavy atom. The monoisotopic (exact) mass is 385 g/mol. The summed E-state index contributed by atoms with van der Waals surface area (Å²) in [6.45, 7) is 4.17. The molecule has 0 spiro atoms. The summed E-state index contributed by atoms with van der Waals surface area (Å²) in [5, 5.41) is 2.74. The molecule has 0 aliphatic carbocycles. The number of carbonyl (C=O) groups is 2. The minimum atomic E-state index is -0.708. The minimum absolute atomic E-state index is 0.144. The van der Waals surface area contributed by atoms with E-state index in [9.17, 15) is 18.9 Å². The molecular formula is C20H22FN4O3+. The summed E-state index contributed by atoms with van der Waals surface area (Å²) in [6.07, 6.45) is 1.66. The third-order valence-electron chi connectivity index (χ3n) is 4.86. The predicted molar refractivity (Wildman–Crippen MR) is 101 cm³/mol. The van der Waals surface area contributed by atoms with Crippen LogP contribution in [0.3, 0.4) is 0 Å². The van der Waals surface area contributed by atoms with Crippen molar-refractivity contribution in [2.45, 2.75) is 19.4 Å². The van der Waals surface area contributed by atoms with E-state index < -0.39 is 12.0 Å². The Labute approximate surface area is 162 Å². The van der Waals surface area contributed by atoms with Crippen LogP contribution >= 0.6 is 0 Å². The highest BCUT2D eigenvalue weighted by Gasteiger charge is 2.46. The Morgan fingerprint density at radius 2 is 2.07 bits per heavy atom. The molecule has 1 atom stereocenters. The van der Waals surface area contributed by atoms with Gasteiger partial charge in [-0.25, -0.2) is 4.98 Å². The SMILES string of the molecule is CCN(CCNC(=O)c1ccnc(F)c1)CCC1C(=O)c2ccccc2[N+]1=O. The fraction of sp³-hybridized carbons (Fsp3) is 0.350. The number of rotatable bonds is 8. The quantitative estimate of drug-likeness (QED) is 0.557. The van der Waals surface area contributed by atoms with Gasteiger partial charge in [0.25, 0.3) is 17.6 Å². The van der Waals surface area contributed by atoms with Crippen molar-refractivity contribution in [3.63, 3.8) is 0 Å². The molecule has 0 saturated carbocycles. The number of ketones is 1. The van der Waals surface area contributed by atoms with Crippen molar-refractivity contribution in [2.75, 3.05) is 26.2 Å². The second-order valence-corrected chi connectivity index (χ2v) is 6.57. The van der Waals surface area contributed by atoms with Gasteiger partial charge in [-0.05, 0) is 18.7 Å². The number of hydrogen-bond acceptors (Lipinski definition) is 5. The highest BCUT2D eigenvalue weighted by atomic mass is 19.1. The predicted octanol–water partition coefficient (Wildman–Crippen LogP) is 2.34. The Bertz CT molecular complexity index is 868. The van der Waals surface area contributed by atoms with Gasteiger partial charge in [-0.15, -0.1) is 0 Å². The first-order valence-corrected chi connectivity index (χ1v) is 9.23. The molecule has 1 aromatic heterocycles. The van der Waals surface area contributed by atoms with Gasteiger partial charge in [-0.2, -0.15) is 4.39 Å². The standard InChI is InChI=1S/C20H21FN4O3/c1-2-24(12-10-23-20(27)14-7-9-22-18(21)13-14)11-8-17-19(26)15-5-3-4-6-16(15)25(17)28/h3-7,9,13,17H,2,8,10-12H2,1H3/p+1. The highest BCUT2D eigenvalue weighted by molar-refractivity contribution is 6.05. The van der Waals surface area contributed by atoms with E-state index in [1.165, 1.54) is 12.3 Å². The van der Waals surface area contributed by atoms with Crippen molar-refractivity contribution in [2.24, 2.45) is 0 Å². The van der Waals surface area contributed by atoms with Crippen LogP contribution in [0.2, 0.25) is 0 Å². The third kappa shape index (κ3) is 4.28. The molecule has 1 unspecified atom stereocenters. The Balaban J connectivity index is 1.48. The second kappa shape index (κ2) is 8.79. The average Bonchev–Trinajstić information content (AvgIpc) is 2.95. The average molecular weight is 385 g/mol. The molecule has 28 heavy (non-hydrogen) atoms. The first kappa shape index (κ1) is 19.8. The number of fused-ring (bicyclic) bond motifs is 1. The molecular weight excluding hydrogens is 363 g/mol. The molecule has 146 valence electrons. The lowest BCUT2D eigenvalue weighted by atomic mass is 10.1. The number of nitrogens with zero attached hydrogens (tertiary/aromatic N) is 3. The van der Waals surface area contributed by atoms with Crippen molar-refractivity contribution < 1.29 is 18.7 Å². The minimum Gasteiger partial charge on any atom is -0.351 e. The smallest absolute Gasteiger partial charge is 0.271 e. The summed E-state index contributed by atoms with van der Waals surface area (Å²) in [5.74, 6) is -1.22. The van der Waals surface area contributed by atoms with Gasteiger partial charge in [0.2, 0.25) is 11.7 Å². The molecule has 1 aliphatic heterocycles.